The van der Waals surface area contributed by atoms with E-state index in [1.54, 1.807) is 29.2 Å². The fourth-order valence-corrected chi connectivity index (χ4v) is 4.74. The molecule has 0 aromatic heterocycles. The van der Waals surface area contributed by atoms with E-state index in [-0.39, 0.29) is 23.9 Å². The van der Waals surface area contributed by atoms with Crippen molar-refractivity contribution in [2.75, 3.05) is 46.3 Å². The van der Waals surface area contributed by atoms with Gasteiger partial charge in [-0.25, -0.2) is 8.42 Å². The number of hydrogen-bond acceptors (Lipinski definition) is 4. The average molecular weight is 416 g/mol. The molecule has 156 valence electrons. The van der Waals surface area contributed by atoms with Crippen molar-refractivity contribution in [2.45, 2.75) is 18.2 Å². The molecule has 0 atom stereocenters. The highest BCUT2D eigenvalue weighted by Crippen LogP contribution is 2.18. The summed E-state index contributed by atoms with van der Waals surface area (Å²) in [5, 5.41) is 0. The zero-order valence-electron chi connectivity index (χ0n) is 17.1. The molecule has 0 unspecified atom stereocenters. The van der Waals surface area contributed by atoms with E-state index in [2.05, 4.69) is 4.90 Å². The Morgan fingerprint density at radius 2 is 1.59 bits per heavy atom. The lowest BCUT2D eigenvalue weighted by Gasteiger charge is -2.33. The molecule has 3 rings (SSSR count). The number of rotatable bonds is 7. The number of piperazine rings is 1. The van der Waals surface area contributed by atoms with Crippen LogP contribution >= 0.6 is 0 Å². The van der Waals surface area contributed by atoms with Crippen molar-refractivity contribution in [3.05, 3.63) is 65.7 Å². The number of nitrogens with zero attached hydrogens (tertiary/aromatic N) is 3. The maximum atomic E-state index is 13.3. The SMILES string of the molecule is Cc1ccc(S(=O)(=O)N(CCc2ccccc2)CC(=O)N2CCN(C)CC2)cc1. The normalized spacial score (nSPS) is 15.6. The van der Waals surface area contributed by atoms with Gasteiger partial charge in [0.1, 0.15) is 0 Å². The van der Waals surface area contributed by atoms with Crippen molar-refractivity contribution in [3.63, 3.8) is 0 Å². The summed E-state index contributed by atoms with van der Waals surface area (Å²) in [5.41, 5.74) is 2.04. The van der Waals surface area contributed by atoms with Gasteiger partial charge in [-0.3, -0.25) is 4.79 Å². The maximum absolute atomic E-state index is 13.3. The zero-order valence-corrected chi connectivity index (χ0v) is 17.9. The molecule has 7 heteroatoms. The Morgan fingerprint density at radius 1 is 0.966 bits per heavy atom. The number of carbonyl (C=O) groups is 1. The predicted octanol–water partition coefficient (Wildman–Crippen LogP) is 2.00. The van der Waals surface area contributed by atoms with E-state index in [1.807, 2.05) is 44.3 Å². The van der Waals surface area contributed by atoms with E-state index in [0.717, 1.165) is 24.2 Å². The van der Waals surface area contributed by atoms with E-state index >= 15 is 0 Å². The van der Waals surface area contributed by atoms with Crippen molar-refractivity contribution in [2.24, 2.45) is 0 Å². The van der Waals surface area contributed by atoms with Crippen LogP contribution in [0.15, 0.2) is 59.5 Å². The van der Waals surface area contributed by atoms with Crippen molar-refractivity contribution in [1.29, 1.82) is 0 Å². The van der Waals surface area contributed by atoms with Crippen LogP contribution in [0.2, 0.25) is 0 Å². The minimum atomic E-state index is -3.76. The highest BCUT2D eigenvalue weighted by molar-refractivity contribution is 7.89. The van der Waals surface area contributed by atoms with E-state index in [1.165, 1.54) is 4.31 Å². The third-order valence-electron chi connectivity index (χ3n) is 5.32. The van der Waals surface area contributed by atoms with Gasteiger partial charge in [0, 0.05) is 32.7 Å². The molecule has 0 saturated carbocycles. The van der Waals surface area contributed by atoms with Crippen LogP contribution in [0.3, 0.4) is 0 Å². The Kier molecular flexibility index (Phi) is 7.05. The van der Waals surface area contributed by atoms with Crippen LogP contribution in [0.4, 0.5) is 0 Å². The summed E-state index contributed by atoms with van der Waals surface area (Å²) in [4.78, 5) is 17.0. The first kappa shape index (κ1) is 21.5. The zero-order chi connectivity index (χ0) is 20.9. The van der Waals surface area contributed by atoms with Crippen LogP contribution in [-0.2, 0) is 21.2 Å². The van der Waals surface area contributed by atoms with Gasteiger partial charge in [0.05, 0.1) is 11.4 Å². The molecule has 6 nitrogen and oxygen atoms in total. The molecule has 2 aromatic carbocycles. The molecule has 0 radical (unpaired) electrons. The van der Waals surface area contributed by atoms with Crippen LogP contribution < -0.4 is 0 Å². The van der Waals surface area contributed by atoms with E-state index in [9.17, 15) is 13.2 Å². The van der Waals surface area contributed by atoms with Gasteiger partial charge in [-0.15, -0.1) is 0 Å². The van der Waals surface area contributed by atoms with Crippen LogP contribution in [-0.4, -0.2) is 74.7 Å². The number of sulfonamides is 1. The molecule has 1 amide bonds. The third kappa shape index (κ3) is 5.65. The van der Waals surface area contributed by atoms with E-state index in [0.29, 0.717) is 19.5 Å². The van der Waals surface area contributed by atoms with Gasteiger partial charge in [0.15, 0.2) is 0 Å². The van der Waals surface area contributed by atoms with Crippen molar-refractivity contribution >= 4 is 15.9 Å². The molecular formula is C22H29N3O3S. The lowest BCUT2D eigenvalue weighted by Crippen LogP contribution is -2.51. The first-order chi connectivity index (χ1) is 13.9. The molecule has 0 aliphatic carbocycles. The second-order valence-corrected chi connectivity index (χ2v) is 9.51. The molecule has 29 heavy (non-hydrogen) atoms. The number of likely N-dealkylation sites (N-methyl/N-ethyl adjacent to an activating group) is 1. The minimum absolute atomic E-state index is 0.132. The average Bonchev–Trinajstić information content (AvgIpc) is 2.72. The summed E-state index contributed by atoms with van der Waals surface area (Å²) in [7, 11) is -1.73. The first-order valence-corrected chi connectivity index (χ1v) is 11.4. The summed E-state index contributed by atoms with van der Waals surface area (Å²) < 4.78 is 27.9. The van der Waals surface area contributed by atoms with Gasteiger partial charge in [0.2, 0.25) is 15.9 Å². The van der Waals surface area contributed by atoms with Gasteiger partial charge in [-0.1, -0.05) is 48.0 Å². The van der Waals surface area contributed by atoms with Crippen LogP contribution in [0, 0.1) is 6.92 Å². The highest BCUT2D eigenvalue weighted by atomic mass is 32.2. The second kappa shape index (κ2) is 9.52. The van der Waals surface area contributed by atoms with Gasteiger partial charge in [-0.05, 0) is 38.1 Å². The quantitative estimate of drug-likeness (QED) is 0.694. The fourth-order valence-electron chi connectivity index (χ4n) is 3.35. The molecule has 1 saturated heterocycles. The molecule has 2 aromatic rings. The lowest BCUT2D eigenvalue weighted by molar-refractivity contribution is -0.132. The summed E-state index contributed by atoms with van der Waals surface area (Å²) >= 11 is 0. The topological polar surface area (TPSA) is 60.9 Å². The third-order valence-corrected chi connectivity index (χ3v) is 7.18. The van der Waals surface area contributed by atoms with Crippen molar-refractivity contribution in [3.8, 4) is 0 Å². The molecule has 1 aliphatic heterocycles. The Labute approximate surface area is 173 Å². The number of hydrogen-bond donors (Lipinski definition) is 0. The smallest absolute Gasteiger partial charge is 0.243 e. The van der Waals surface area contributed by atoms with Gasteiger partial charge in [-0.2, -0.15) is 4.31 Å². The monoisotopic (exact) mass is 415 g/mol. The number of benzene rings is 2. The molecule has 0 bridgehead atoms. The number of carbonyl (C=O) groups excluding carboxylic acids is 1. The summed E-state index contributed by atoms with van der Waals surface area (Å²) in [5.74, 6) is -0.137. The first-order valence-electron chi connectivity index (χ1n) is 9.93. The van der Waals surface area contributed by atoms with Crippen molar-refractivity contribution < 1.29 is 13.2 Å². The number of amides is 1. The van der Waals surface area contributed by atoms with Crippen LogP contribution in [0.1, 0.15) is 11.1 Å². The summed E-state index contributed by atoms with van der Waals surface area (Å²) in [6, 6.07) is 16.5. The largest absolute Gasteiger partial charge is 0.339 e. The minimum Gasteiger partial charge on any atom is -0.339 e. The van der Waals surface area contributed by atoms with E-state index in [4.69, 9.17) is 0 Å². The van der Waals surface area contributed by atoms with Crippen LogP contribution in [0.25, 0.3) is 0 Å². The maximum Gasteiger partial charge on any atom is 0.243 e. The van der Waals surface area contributed by atoms with Gasteiger partial charge in [0.25, 0.3) is 0 Å². The Bertz CT molecular complexity index is 906. The highest BCUT2D eigenvalue weighted by Gasteiger charge is 2.29. The van der Waals surface area contributed by atoms with Crippen molar-refractivity contribution in [1.82, 2.24) is 14.1 Å². The number of aryl methyl sites for hydroxylation is 1. The standard InChI is InChI=1S/C22H29N3O3S/c1-19-8-10-21(11-9-19)29(27,28)25(13-12-20-6-4-3-5-7-20)18-22(26)24-16-14-23(2)15-17-24/h3-11H,12-18H2,1-2H3. The predicted molar refractivity (Wildman–Crippen MR) is 114 cm³/mol. The summed E-state index contributed by atoms with van der Waals surface area (Å²) in [6.07, 6.45) is 0.557. The lowest BCUT2D eigenvalue weighted by atomic mass is 10.1. The van der Waals surface area contributed by atoms with Crippen LogP contribution in [0.5, 0.6) is 0 Å². The molecule has 1 fully saturated rings. The van der Waals surface area contributed by atoms with Gasteiger partial charge >= 0.3 is 0 Å². The Hall–Kier alpha value is -2.22. The molecule has 1 heterocycles. The molecule has 0 spiro atoms. The summed E-state index contributed by atoms with van der Waals surface area (Å²) in [6.45, 7) is 4.92. The Balaban J connectivity index is 1.78. The fraction of sp³-hybridized carbons (Fsp3) is 0.409. The molecular weight excluding hydrogens is 386 g/mol. The Morgan fingerprint density at radius 3 is 2.21 bits per heavy atom. The molecule has 1 aliphatic rings. The second-order valence-electron chi connectivity index (χ2n) is 7.57. The molecule has 0 N–H and O–H groups in total. The van der Waals surface area contributed by atoms with E-state index < -0.39 is 10.0 Å². The van der Waals surface area contributed by atoms with Gasteiger partial charge < -0.3 is 9.80 Å².